The van der Waals surface area contributed by atoms with E-state index in [4.69, 9.17) is 26.8 Å². The highest BCUT2D eigenvalue weighted by Gasteiger charge is 2.26. The number of likely N-dealkylation sites (tertiary alicyclic amines) is 1. The second-order valence-corrected chi connectivity index (χ2v) is 10.2. The van der Waals surface area contributed by atoms with Crippen molar-refractivity contribution in [3.63, 3.8) is 0 Å². The largest absolute Gasteiger partial charge is 0.485 e. The lowest BCUT2D eigenvalue weighted by Crippen LogP contribution is -2.36. The van der Waals surface area contributed by atoms with E-state index in [2.05, 4.69) is 9.62 Å². The number of carbonyl (C=O) groups is 1. The van der Waals surface area contributed by atoms with Gasteiger partial charge in [0.25, 0.3) is 0 Å². The maximum atomic E-state index is 12.8. The lowest BCUT2D eigenvalue weighted by atomic mass is 9.90. The first kappa shape index (κ1) is 23.1. The van der Waals surface area contributed by atoms with Gasteiger partial charge in [-0.25, -0.2) is 13.1 Å². The van der Waals surface area contributed by atoms with Crippen molar-refractivity contribution < 1.29 is 22.7 Å². The molecule has 0 saturated carbocycles. The number of Topliss-reactive ketones (excluding diaryl/α,β-unsaturated/α-hetero) is 1. The standard InChI is InChI=1S/C20H30ClN3O5S/c1-30(26,27)23-7-2-8-24-9-5-14(6-10-24)3-4-17(25)15-13-16(21)18(22)20-19(15)28-11-12-29-20/h13-14,23H,2-12,22H2,1H3. The van der Waals surface area contributed by atoms with Crippen LogP contribution in [0.3, 0.4) is 0 Å². The molecule has 1 aromatic carbocycles. The first-order valence-electron chi connectivity index (χ1n) is 10.3. The molecule has 0 bridgehead atoms. The van der Waals surface area contributed by atoms with E-state index in [1.807, 2.05) is 0 Å². The third-order valence-electron chi connectivity index (χ3n) is 5.60. The zero-order valence-electron chi connectivity index (χ0n) is 17.3. The number of nitrogens with two attached hydrogens (primary N) is 1. The summed E-state index contributed by atoms with van der Waals surface area (Å²) in [4.78, 5) is 15.2. The SMILES string of the molecule is CS(=O)(=O)NCCCN1CCC(CCC(=O)c2cc(Cl)c(N)c3c2OCCO3)CC1. The number of rotatable bonds is 9. The van der Waals surface area contributed by atoms with Crippen LogP contribution in [0, 0.1) is 5.92 Å². The average molecular weight is 460 g/mol. The molecule has 1 aromatic rings. The van der Waals surface area contributed by atoms with Gasteiger partial charge in [-0.05, 0) is 57.3 Å². The first-order chi connectivity index (χ1) is 14.2. The molecule has 10 heteroatoms. The van der Waals surface area contributed by atoms with E-state index >= 15 is 0 Å². The van der Waals surface area contributed by atoms with Crippen LogP contribution in [-0.4, -0.2) is 64.7 Å². The number of piperidine rings is 1. The number of nitrogens with zero attached hydrogens (tertiary/aromatic N) is 1. The summed E-state index contributed by atoms with van der Waals surface area (Å²) >= 11 is 6.18. The van der Waals surface area contributed by atoms with Gasteiger partial charge in [0.2, 0.25) is 10.0 Å². The number of ketones is 1. The number of ether oxygens (including phenoxy) is 2. The maximum absolute atomic E-state index is 12.8. The molecule has 3 N–H and O–H groups in total. The van der Waals surface area contributed by atoms with Crippen molar-refractivity contribution in [2.24, 2.45) is 5.92 Å². The first-order valence-corrected chi connectivity index (χ1v) is 12.6. The van der Waals surface area contributed by atoms with E-state index in [0.29, 0.717) is 59.9 Å². The number of hydrogen-bond acceptors (Lipinski definition) is 7. The summed E-state index contributed by atoms with van der Waals surface area (Å²) in [7, 11) is -3.12. The number of hydrogen-bond donors (Lipinski definition) is 2. The van der Waals surface area contributed by atoms with Gasteiger partial charge in [-0.1, -0.05) is 11.6 Å². The monoisotopic (exact) mass is 459 g/mol. The summed E-state index contributed by atoms with van der Waals surface area (Å²) in [6.07, 6.45) is 5.29. The molecule has 0 unspecified atom stereocenters. The topological polar surface area (TPSA) is 111 Å². The van der Waals surface area contributed by atoms with Gasteiger partial charge in [-0.3, -0.25) is 4.79 Å². The van der Waals surface area contributed by atoms with E-state index in [9.17, 15) is 13.2 Å². The normalized spacial score (nSPS) is 17.8. The highest BCUT2D eigenvalue weighted by molar-refractivity contribution is 7.88. The van der Waals surface area contributed by atoms with Gasteiger partial charge in [0.05, 0.1) is 22.5 Å². The van der Waals surface area contributed by atoms with E-state index < -0.39 is 10.0 Å². The second-order valence-electron chi connectivity index (χ2n) is 7.94. The molecule has 0 aromatic heterocycles. The maximum Gasteiger partial charge on any atom is 0.208 e. The van der Waals surface area contributed by atoms with Gasteiger partial charge >= 0.3 is 0 Å². The van der Waals surface area contributed by atoms with Crippen LogP contribution in [0.5, 0.6) is 11.5 Å². The summed E-state index contributed by atoms with van der Waals surface area (Å²) in [6, 6.07) is 1.58. The van der Waals surface area contributed by atoms with Gasteiger partial charge in [0.15, 0.2) is 17.3 Å². The zero-order valence-corrected chi connectivity index (χ0v) is 18.9. The Balaban J connectivity index is 1.45. The molecule has 2 aliphatic rings. The summed E-state index contributed by atoms with van der Waals surface area (Å²) in [5.41, 5.74) is 6.71. The lowest BCUT2D eigenvalue weighted by molar-refractivity contribution is 0.0951. The van der Waals surface area contributed by atoms with Crippen LogP contribution in [0.1, 0.15) is 42.5 Å². The Hall–Kier alpha value is -1.55. The smallest absolute Gasteiger partial charge is 0.208 e. The van der Waals surface area contributed by atoms with Crippen molar-refractivity contribution in [1.82, 2.24) is 9.62 Å². The number of carbonyl (C=O) groups excluding carboxylic acids is 1. The Kier molecular flexibility index (Phi) is 7.84. The summed E-state index contributed by atoms with van der Waals surface area (Å²) < 4.78 is 35.9. The van der Waals surface area contributed by atoms with Crippen LogP contribution in [0.25, 0.3) is 0 Å². The minimum Gasteiger partial charge on any atom is -0.485 e. The van der Waals surface area contributed by atoms with E-state index in [-0.39, 0.29) is 5.78 Å². The summed E-state index contributed by atoms with van der Waals surface area (Å²) in [5, 5.41) is 0.307. The molecular weight excluding hydrogens is 430 g/mol. The molecular formula is C20H30ClN3O5S. The molecule has 30 heavy (non-hydrogen) atoms. The predicted octanol–water partition coefficient (Wildman–Crippen LogP) is 2.31. The van der Waals surface area contributed by atoms with E-state index in [1.165, 1.54) is 6.26 Å². The minimum atomic E-state index is -3.12. The van der Waals surface area contributed by atoms with Crippen LogP contribution < -0.4 is 19.9 Å². The molecule has 2 aliphatic heterocycles. The van der Waals surface area contributed by atoms with Gasteiger partial charge in [0, 0.05) is 13.0 Å². The van der Waals surface area contributed by atoms with Crippen LogP contribution in [-0.2, 0) is 10.0 Å². The number of nitrogen functional groups attached to an aromatic ring is 1. The fourth-order valence-corrected chi connectivity index (χ4v) is 4.64. The van der Waals surface area contributed by atoms with Crippen LogP contribution in [0.2, 0.25) is 5.02 Å². The van der Waals surface area contributed by atoms with Crippen molar-refractivity contribution in [3.8, 4) is 11.5 Å². The van der Waals surface area contributed by atoms with Crippen molar-refractivity contribution in [2.75, 3.05) is 51.4 Å². The van der Waals surface area contributed by atoms with E-state index in [1.54, 1.807) is 6.07 Å². The van der Waals surface area contributed by atoms with Gasteiger partial charge in [0.1, 0.15) is 13.2 Å². The van der Waals surface area contributed by atoms with Crippen LogP contribution >= 0.6 is 11.6 Å². The molecule has 0 amide bonds. The molecule has 1 saturated heterocycles. The molecule has 0 atom stereocenters. The number of anilines is 1. The molecule has 8 nitrogen and oxygen atoms in total. The zero-order chi connectivity index (χ0) is 21.7. The van der Waals surface area contributed by atoms with Crippen molar-refractivity contribution in [1.29, 1.82) is 0 Å². The number of halogens is 1. The second kappa shape index (κ2) is 10.2. The lowest BCUT2D eigenvalue weighted by Gasteiger charge is -2.32. The average Bonchev–Trinajstić information content (AvgIpc) is 2.72. The Morgan fingerprint density at radius 3 is 2.60 bits per heavy atom. The number of fused-ring (bicyclic) bond motifs is 1. The van der Waals surface area contributed by atoms with Crippen molar-refractivity contribution in [3.05, 3.63) is 16.7 Å². The predicted molar refractivity (Wildman–Crippen MR) is 117 cm³/mol. The fourth-order valence-electron chi connectivity index (χ4n) is 3.93. The van der Waals surface area contributed by atoms with Gasteiger partial charge < -0.3 is 20.1 Å². The third-order valence-corrected chi connectivity index (χ3v) is 6.64. The van der Waals surface area contributed by atoms with E-state index in [0.717, 1.165) is 45.3 Å². The highest BCUT2D eigenvalue weighted by atomic mass is 35.5. The van der Waals surface area contributed by atoms with Crippen LogP contribution in [0.4, 0.5) is 5.69 Å². The van der Waals surface area contributed by atoms with Crippen molar-refractivity contribution >= 4 is 33.1 Å². The molecule has 168 valence electrons. The quantitative estimate of drug-likeness (QED) is 0.331. The summed E-state index contributed by atoms with van der Waals surface area (Å²) in [6.45, 7) is 4.05. The molecule has 0 radical (unpaired) electrons. The van der Waals surface area contributed by atoms with Gasteiger partial charge in [-0.15, -0.1) is 0 Å². The number of nitrogens with one attached hydrogen (secondary N) is 1. The molecule has 3 rings (SSSR count). The minimum absolute atomic E-state index is 0.00655. The Morgan fingerprint density at radius 1 is 1.27 bits per heavy atom. The molecule has 1 fully saturated rings. The Bertz CT molecular complexity index is 870. The fraction of sp³-hybridized carbons (Fsp3) is 0.650. The Labute approximate surface area is 183 Å². The van der Waals surface area contributed by atoms with Crippen LogP contribution in [0.15, 0.2) is 6.07 Å². The molecule has 2 heterocycles. The summed E-state index contributed by atoms with van der Waals surface area (Å²) in [5.74, 6) is 1.27. The van der Waals surface area contributed by atoms with Crippen molar-refractivity contribution in [2.45, 2.75) is 32.1 Å². The molecule has 0 aliphatic carbocycles. The number of benzene rings is 1. The Morgan fingerprint density at radius 2 is 1.93 bits per heavy atom. The number of sulfonamides is 1. The molecule has 0 spiro atoms. The van der Waals surface area contributed by atoms with Gasteiger partial charge in [-0.2, -0.15) is 0 Å². The third kappa shape index (κ3) is 6.23. The highest BCUT2D eigenvalue weighted by Crippen LogP contribution is 2.43.